The molecule has 0 saturated heterocycles. The van der Waals surface area contributed by atoms with Gasteiger partial charge in [0.2, 0.25) is 0 Å². The number of Topliss-reactive ketones (excluding diaryl/α,β-unsaturated/α-hetero) is 1. The number of ketones is 1. The fourth-order valence-electron chi connectivity index (χ4n) is 1.66. The highest BCUT2D eigenvalue weighted by atomic mass is 35.5. The molecule has 1 aromatic carbocycles. The predicted octanol–water partition coefficient (Wildman–Crippen LogP) is 0.455. The molecular weight excluding hydrogens is 246 g/mol. The number of alkyl halides is 1. The maximum absolute atomic E-state index is 11.3. The van der Waals surface area contributed by atoms with Crippen molar-refractivity contribution >= 4 is 29.0 Å². The van der Waals surface area contributed by atoms with E-state index < -0.39 is 23.9 Å². The summed E-state index contributed by atoms with van der Waals surface area (Å²) >= 11 is 5.43. The third-order valence-corrected chi connectivity index (χ3v) is 2.92. The van der Waals surface area contributed by atoms with Crippen molar-refractivity contribution in [2.24, 2.45) is 0 Å². The lowest BCUT2D eigenvalue weighted by molar-refractivity contribution is -0.112. The molecule has 0 saturated carbocycles. The number of rotatable bonds is 3. The van der Waals surface area contributed by atoms with Gasteiger partial charge in [-0.05, 0) is 17.7 Å². The van der Waals surface area contributed by atoms with E-state index in [-0.39, 0.29) is 11.4 Å². The molecule has 0 radical (unpaired) electrons. The van der Waals surface area contributed by atoms with Gasteiger partial charge in [0.15, 0.2) is 0 Å². The van der Waals surface area contributed by atoms with Crippen LogP contribution in [0.25, 0.3) is 0 Å². The summed E-state index contributed by atoms with van der Waals surface area (Å²) in [5, 5.41) is 21.5. The van der Waals surface area contributed by atoms with Gasteiger partial charge in [-0.15, -0.1) is 11.6 Å². The molecule has 2 rings (SSSR count). The molecule has 1 aliphatic rings. The molecule has 5 nitrogen and oxygen atoms in total. The molecule has 0 spiro atoms. The number of carbonyl (C=O) groups excluding carboxylic acids is 2. The minimum absolute atomic E-state index is 0.108. The Hall–Kier alpha value is -1.43. The summed E-state index contributed by atoms with van der Waals surface area (Å²) in [5.41, 5.74) is 1.01. The Morgan fingerprint density at radius 3 is 2.65 bits per heavy atom. The molecule has 0 fully saturated rings. The summed E-state index contributed by atoms with van der Waals surface area (Å²) in [7, 11) is 0. The molecule has 2 unspecified atom stereocenters. The van der Waals surface area contributed by atoms with Crippen molar-refractivity contribution in [3.8, 4) is 0 Å². The fraction of sp³-hybridized carbons (Fsp3) is 0.273. The minimum atomic E-state index is -1.15. The first kappa shape index (κ1) is 12.0. The average Bonchev–Trinajstić information content (AvgIpc) is 2.62. The first-order valence-corrected chi connectivity index (χ1v) is 5.49. The van der Waals surface area contributed by atoms with E-state index >= 15 is 0 Å². The fourth-order valence-corrected chi connectivity index (χ4v) is 1.82. The third-order valence-electron chi connectivity index (χ3n) is 2.61. The summed E-state index contributed by atoms with van der Waals surface area (Å²) in [5.74, 6) is -1.40. The van der Waals surface area contributed by atoms with Gasteiger partial charge in [-0.3, -0.25) is 9.59 Å². The van der Waals surface area contributed by atoms with E-state index in [4.69, 9.17) is 11.6 Å². The van der Waals surface area contributed by atoms with Crippen molar-refractivity contribution in [3.63, 3.8) is 0 Å². The van der Waals surface area contributed by atoms with Crippen molar-refractivity contribution in [2.75, 3.05) is 11.2 Å². The normalized spacial score (nSPS) is 17.6. The second kappa shape index (κ2) is 4.44. The minimum Gasteiger partial charge on any atom is -0.389 e. The molecule has 0 aromatic heterocycles. The number of nitrogens with one attached hydrogen (secondary N) is 1. The van der Waals surface area contributed by atoms with Crippen LogP contribution in [0, 0.1) is 0 Å². The van der Waals surface area contributed by atoms with E-state index in [0.717, 1.165) is 0 Å². The third kappa shape index (κ3) is 2.04. The zero-order chi connectivity index (χ0) is 12.6. The van der Waals surface area contributed by atoms with Crippen molar-refractivity contribution in [1.82, 2.24) is 0 Å². The topological polar surface area (TPSA) is 86.6 Å². The van der Waals surface area contributed by atoms with Crippen molar-refractivity contribution < 1.29 is 19.8 Å². The lowest BCUT2D eigenvalue weighted by atomic mass is 10.0. The molecular formula is C11H10ClNO4. The van der Waals surface area contributed by atoms with E-state index in [1.165, 1.54) is 18.2 Å². The number of anilines is 1. The van der Waals surface area contributed by atoms with Crippen LogP contribution in [-0.2, 0) is 4.79 Å². The Labute approximate surface area is 102 Å². The first-order chi connectivity index (χ1) is 8.04. The lowest BCUT2D eigenvalue weighted by Gasteiger charge is -2.16. The molecule has 17 heavy (non-hydrogen) atoms. The van der Waals surface area contributed by atoms with Crippen LogP contribution in [-0.4, -0.2) is 33.9 Å². The molecule has 1 amide bonds. The van der Waals surface area contributed by atoms with E-state index in [1.807, 2.05) is 0 Å². The highest BCUT2D eigenvalue weighted by Crippen LogP contribution is 2.28. The number of amides is 1. The van der Waals surface area contributed by atoms with Crippen molar-refractivity contribution in [2.45, 2.75) is 12.2 Å². The van der Waals surface area contributed by atoms with E-state index in [0.29, 0.717) is 11.3 Å². The van der Waals surface area contributed by atoms with Crippen LogP contribution in [0.15, 0.2) is 18.2 Å². The highest BCUT2D eigenvalue weighted by molar-refractivity contribution is 6.51. The van der Waals surface area contributed by atoms with Gasteiger partial charge in [0.05, 0.1) is 23.2 Å². The number of aliphatic hydroxyl groups excluding tert-OH is 2. The van der Waals surface area contributed by atoms with E-state index in [9.17, 15) is 19.8 Å². The molecule has 3 N–H and O–H groups in total. The van der Waals surface area contributed by atoms with Crippen LogP contribution in [0.3, 0.4) is 0 Å². The Kier molecular flexibility index (Phi) is 3.15. The van der Waals surface area contributed by atoms with Gasteiger partial charge in [-0.25, -0.2) is 0 Å². The standard InChI is InChI=1S/C11H10ClNO4/c12-4-8(14)9(15)5-1-2-6-7(3-5)13-11(17)10(6)16/h1-3,8-9,14-15H,4H2,(H,13,16,17). The summed E-state index contributed by atoms with van der Waals surface area (Å²) in [4.78, 5) is 22.4. The number of halogens is 1. The van der Waals surface area contributed by atoms with Gasteiger partial charge in [-0.2, -0.15) is 0 Å². The van der Waals surface area contributed by atoms with E-state index in [1.54, 1.807) is 0 Å². The van der Waals surface area contributed by atoms with Crippen molar-refractivity contribution in [3.05, 3.63) is 29.3 Å². The number of hydrogen-bond donors (Lipinski definition) is 3. The zero-order valence-corrected chi connectivity index (χ0v) is 9.44. The Morgan fingerprint density at radius 1 is 1.29 bits per heavy atom. The van der Waals surface area contributed by atoms with Gasteiger partial charge < -0.3 is 15.5 Å². The number of hydrogen-bond acceptors (Lipinski definition) is 4. The Bertz CT molecular complexity index is 488. The quantitative estimate of drug-likeness (QED) is 0.541. The average molecular weight is 256 g/mol. The predicted molar refractivity (Wildman–Crippen MR) is 61.1 cm³/mol. The summed E-state index contributed by atoms with van der Waals surface area (Å²) in [6.07, 6.45) is -2.24. The summed E-state index contributed by atoms with van der Waals surface area (Å²) in [6.45, 7) is 0. The van der Waals surface area contributed by atoms with Crippen LogP contribution in [0.2, 0.25) is 0 Å². The van der Waals surface area contributed by atoms with Gasteiger partial charge in [0.1, 0.15) is 6.10 Å². The molecule has 0 aliphatic carbocycles. The molecule has 1 heterocycles. The first-order valence-electron chi connectivity index (χ1n) is 4.96. The summed E-state index contributed by atoms with van der Waals surface area (Å²) < 4.78 is 0. The number of fused-ring (bicyclic) bond motifs is 1. The molecule has 0 bridgehead atoms. The zero-order valence-electron chi connectivity index (χ0n) is 8.68. The smallest absolute Gasteiger partial charge is 0.296 e. The SMILES string of the molecule is O=C1Nc2cc(C(O)C(O)CCl)ccc2C1=O. The van der Waals surface area contributed by atoms with Crippen LogP contribution in [0.4, 0.5) is 5.69 Å². The number of aliphatic hydroxyl groups is 2. The van der Waals surface area contributed by atoms with Crippen LogP contribution in [0.5, 0.6) is 0 Å². The Morgan fingerprint density at radius 2 is 2.00 bits per heavy atom. The molecule has 90 valence electrons. The van der Waals surface area contributed by atoms with Crippen LogP contribution >= 0.6 is 11.6 Å². The highest BCUT2D eigenvalue weighted by Gasteiger charge is 2.29. The second-order valence-electron chi connectivity index (χ2n) is 3.75. The van der Waals surface area contributed by atoms with Gasteiger partial charge in [0, 0.05) is 0 Å². The summed E-state index contributed by atoms with van der Waals surface area (Å²) in [6, 6.07) is 4.38. The van der Waals surface area contributed by atoms with Gasteiger partial charge in [-0.1, -0.05) is 6.07 Å². The molecule has 6 heteroatoms. The Balaban J connectivity index is 2.33. The maximum Gasteiger partial charge on any atom is 0.296 e. The number of carbonyl (C=O) groups is 2. The van der Waals surface area contributed by atoms with Crippen molar-refractivity contribution in [1.29, 1.82) is 0 Å². The van der Waals surface area contributed by atoms with Crippen LogP contribution in [0.1, 0.15) is 22.0 Å². The molecule has 2 atom stereocenters. The molecule has 1 aromatic rings. The van der Waals surface area contributed by atoms with E-state index in [2.05, 4.69) is 5.32 Å². The second-order valence-corrected chi connectivity index (χ2v) is 4.06. The lowest BCUT2D eigenvalue weighted by Crippen LogP contribution is -2.19. The van der Waals surface area contributed by atoms with Crippen LogP contribution < -0.4 is 5.32 Å². The monoisotopic (exact) mass is 255 g/mol. The molecule has 1 aliphatic heterocycles. The van der Waals surface area contributed by atoms with Gasteiger partial charge in [0.25, 0.3) is 11.7 Å². The number of benzene rings is 1. The largest absolute Gasteiger partial charge is 0.389 e. The van der Waals surface area contributed by atoms with Gasteiger partial charge >= 0.3 is 0 Å². The maximum atomic E-state index is 11.3.